The van der Waals surface area contributed by atoms with Crippen molar-refractivity contribution < 1.29 is 13.9 Å². The molecule has 2 aromatic heterocycles. The summed E-state index contributed by atoms with van der Waals surface area (Å²) in [6, 6.07) is 11.4. The van der Waals surface area contributed by atoms with E-state index in [-0.39, 0.29) is 12.4 Å². The lowest BCUT2D eigenvalue weighted by Gasteiger charge is -2.14. The zero-order valence-corrected chi connectivity index (χ0v) is 15.8. The van der Waals surface area contributed by atoms with E-state index in [1.165, 1.54) is 0 Å². The lowest BCUT2D eigenvalue weighted by molar-refractivity contribution is 0.284. The molecule has 0 atom stereocenters. The molecule has 5 nitrogen and oxygen atoms in total. The minimum atomic E-state index is 0. The van der Waals surface area contributed by atoms with E-state index in [1.54, 1.807) is 25.8 Å². The number of furan rings is 1. The number of nitrogens with one attached hydrogen (secondary N) is 1. The number of ether oxygens (including phenoxy) is 2. The highest BCUT2D eigenvalue weighted by Crippen LogP contribution is 2.37. The van der Waals surface area contributed by atoms with Crippen LogP contribution in [0.15, 0.2) is 59.5 Å². The van der Waals surface area contributed by atoms with E-state index in [4.69, 9.17) is 25.5 Å². The van der Waals surface area contributed by atoms with Crippen LogP contribution in [0.4, 0.5) is 0 Å². The number of benzene rings is 1. The van der Waals surface area contributed by atoms with Gasteiger partial charge in [-0.1, -0.05) is 17.7 Å². The lowest BCUT2D eigenvalue weighted by Crippen LogP contribution is -2.12. The molecule has 3 aromatic rings. The molecule has 1 N–H and O–H groups in total. The molecule has 0 aliphatic carbocycles. The first-order valence-electron chi connectivity index (χ1n) is 7.87. The third kappa shape index (κ3) is 5.39. The van der Waals surface area contributed by atoms with Crippen molar-refractivity contribution in [3.8, 4) is 11.5 Å². The molecule has 0 spiro atoms. The van der Waals surface area contributed by atoms with Gasteiger partial charge in [0.2, 0.25) is 0 Å². The third-order valence-corrected chi connectivity index (χ3v) is 3.88. The van der Waals surface area contributed by atoms with Crippen LogP contribution in [0.5, 0.6) is 11.5 Å². The first kappa shape index (κ1) is 20.1. The second kappa shape index (κ2) is 10.1. The molecule has 2 heterocycles. The van der Waals surface area contributed by atoms with Gasteiger partial charge >= 0.3 is 0 Å². The van der Waals surface area contributed by atoms with Crippen molar-refractivity contribution >= 4 is 24.0 Å². The van der Waals surface area contributed by atoms with Gasteiger partial charge in [-0.25, -0.2) is 0 Å². The molecule has 0 fully saturated rings. The van der Waals surface area contributed by atoms with Crippen LogP contribution in [0.1, 0.15) is 16.9 Å². The van der Waals surface area contributed by atoms with Crippen molar-refractivity contribution in [1.29, 1.82) is 0 Å². The van der Waals surface area contributed by atoms with Gasteiger partial charge in [-0.05, 0) is 35.9 Å². The Bertz CT molecular complexity index is 796. The van der Waals surface area contributed by atoms with Crippen LogP contribution >= 0.6 is 24.0 Å². The fraction of sp³-hybridized carbons (Fsp3) is 0.211. The Kier molecular flexibility index (Phi) is 7.78. The first-order chi connectivity index (χ1) is 12.3. The molecule has 138 valence electrons. The summed E-state index contributed by atoms with van der Waals surface area (Å²) in [4.78, 5) is 4.07. The summed E-state index contributed by atoms with van der Waals surface area (Å²) in [6.45, 7) is 1.66. The van der Waals surface area contributed by atoms with E-state index >= 15 is 0 Å². The average Bonchev–Trinajstić information content (AvgIpc) is 3.15. The fourth-order valence-electron chi connectivity index (χ4n) is 2.40. The molecular weight excluding hydrogens is 375 g/mol. The Labute approximate surface area is 163 Å². The van der Waals surface area contributed by atoms with Gasteiger partial charge in [0.15, 0.2) is 11.5 Å². The molecule has 3 rings (SSSR count). The van der Waals surface area contributed by atoms with Crippen molar-refractivity contribution in [3.63, 3.8) is 0 Å². The molecule has 26 heavy (non-hydrogen) atoms. The number of hydrogen-bond donors (Lipinski definition) is 1. The van der Waals surface area contributed by atoms with Crippen LogP contribution in [0.3, 0.4) is 0 Å². The van der Waals surface area contributed by atoms with E-state index in [0.29, 0.717) is 36.2 Å². The van der Waals surface area contributed by atoms with Gasteiger partial charge in [0.05, 0.1) is 24.9 Å². The highest BCUT2D eigenvalue weighted by Gasteiger charge is 2.12. The Morgan fingerprint density at radius 3 is 2.73 bits per heavy atom. The maximum atomic E-state index is 6.39. The van der Waals surface area contributed by atoms with Gasteiger partial charge in [-0.15, -0.1) is 12.4 Å². The van der Waals surface area contributed by atoms with Crippen molar-refractivity contribution in [2.24, 2.45) is 0 Å². The molecule has 7 heteroatoms. The van der Waals surface area contributed by atoms with E-state index in [9.17, 15) is 0 Å². The lowest BCUT2D eigenvalue weighted by atomic mass is 10.2. The predicted octanol–water partition coefficient (Wildman–Crippen LogP) is 4.63. The number of rotatable bonds is 8. The van der Waals surface area contributed by atoms with E-state index in [0.717, 1.165) is 16.9 Å². The SMILES string of the molecule is COc1cc(CNCc2ccco2)cc(Cl)c1OCc1cccnc1.Cl. The largest absolute Gasteiger partial charge is 0.493 e. The van der Waals surface area contributed by atoms with Gasteiger partial charge in [-0.3, -0.25) is 4.98 Å². The fourth-order valence-corrected chi connectivity index (χ4v) is 2.69. The minimum absolute atomic E-state index is 0. The van der Waals surface area contributed by atoms with Crippen LogP contribution in [0.25, 0.3) is 0 Å². The summed E-state index contributed by atoms with van der Waals surface area (Å²) in [5.74, 6) is 2.02. The normalized spacial score (nSPS) is 10.2. The van der Waals surface area contributed by atoms with Crippen molar-refractivity contribution in [2.45, 2.75) is 19.7 Å². The van der Waals surface area contributed by atoms with Crippen LogP contribution in [0, 0.1) is 0 Å². The quantitative estimate of drug-likeness (QED) is 0.603. The number of hydrogen-bond acceptors (Lipinski definition) is 5. The molecule has 0 aliphatic rings. The summed E-state index contributed by atoms with van der Waals surface area (Å²) in [6.07, 6.45) is 5.14. The van der Waals surface area contributed by atoms with Crippen molar-refractivity contribution in [1.82, 2.24) is 10.3 Å². The minimum Gasteiger partial charge on any atom is -0.493 e. The first-order valence-corrected chi connectivity index (χ1v) is 8.25. The second-order valence-electron chi connectivity index (χ2n) is 5.44. The van der Waals surface area contributed by atoms with Crippen LogP contribution in [-0.2, 0) is 19.7 Å². The number of nitrogens with zero attached hydrogens (tertiary/aromatic N) is 1. The number of pyridine rings is 1. The molecule has 0 saturated carbocycles. The highest BCUT2D eigenvalue weighted by molar-refractivity contribution is 6.32. The van der Waals surface area contributed by atoms with Gasteiger partial charge in [0.1, 0.15) is 12.4 Å². The van der Waals surface area contributed by atoms with Gasteiger partial charge in [-0.2, -0.15) is 0 Å². The van der Waals surface area contributed by atoms with E-state index < -0.39 is 0 Å². The predicted molar refractivity (Wildman–Crippen MR) is 103 cm³/mol. The maximum Gasteiger partial charge on any atom is 0.180 e. The van der Waals surface area contributed by atoms with Crippen LogP contribution in [0.2, 0.25) is 5.02 Å². The van der Waals surface area contributed by atoms with Crippen molar-refractivity contribution in [3.05, 3.63) is 77.0 Å². The van der Waals surface area contributed by atoms with Gasteiger partial charge < -0.3 is 19.2 Å². The van der Waals surface area contributed by atoms with Gasteiger partial charge in [0.25, 0.3) is 0 Å². The van der Waals surface area contributed by atoms with Crippen LogP contribution in [-0.4, -0.2) is 12.1 Å². The molecular formula is C19H20Cl2N2O3. The Morgan fingerprint density at radius 2 is 2.04 bits per heavy atom. The zero-order chi connectivity index (χ0) is 17.5. The van der Waals surface area contributed by atoms with Crippen molar-refractivity contribution in [2.75, 3.05) is 7.11 Å². The Hall–Kier alpha value is -2.21. The summed E-state index contributed by atoms with van der Waals surface area (Å²) in [7, 11) is 1.60. The van der Waals surface area contributed by atoms with E-state index in [1.807, 2.05) is 36.4 Å². The molecule has 0 amide bonds. The van der Waals surface area contributed by atoms with E-state index in [2.05, 4.69) is 10.3 Å². The van der Waals surface area contributed by atoms with Crippen LogP contribution < -0.4 is 14.8 Å². The standard InChI is InChI=1S/C19H19ClN2O3.ClH/c1-23-18-9-15(11-22-12-16-5-3-7-24-16)8-17(20)19(18)25-13-14-4-2-6-21-10-14;/h2-10,22H,11-13H2,1H3;1H. The smallest absolute Gasteiger partial charge is 0.180 e. The molecule has 0 unspecified atom stereocenters. The van der Waals surface area contributed by atoms with Gasteiger partial charge in [0, 0.05) is 24.5 Å². The highest BCUT2D eigenvalue weighted by atomic mass is 35.5. The molecule has 0 aliphatic heterocycles. The molecule has 0 saturated heterocycles. The summed E-state index contributed by atoms with van der Waals surface area (Å²) in [5, 5.41) is 3.81. The monoisotopic (exact) mass is 394 g/mol. The number of aromatic nitrogens is 1. The molecule has 1 aromatic carbocycles. The summed E-state index contributed by atoms with van der Waals surface area (Å²) >= 11 is 6.39. The third-order valence-electron chi connectivity index (χ3n) is 3.60. The number of halogens is 2. The Morgan fingerprint density at radius 1 is 1.15 bits per heavy atom. The average molecular weight is 395 g/mol. The molecule has 0 radical (unpaired) electrons. The Balaban J connectivity index is 0.00000243. The summed E-state index contributed by atoms with van der Waals surface area (Å²) in [5.41, 5.74) is 1.96. The molecule has 0 bridgehead atoms. The zero-order valence-electron chi connectivity index (χ0n) is 14.3. The second-order valence-corrected chi connectivity index (χ2v) is 5.85. The summed E-state index contributed by atoms with van der Waals surface area (Å²) < 4.78 is 16.6. The topological polar surface area (TPSA) is 56.5 Å². The number of methoxy groups -OCH3 is 1. The maximum absolute atomic E-state index is 6.39.